The summed E-state index contributed by atoms with van der Waals surface area (Å²) in [6.07, 6.45) is 0. The molecule has 7 heteroatoms. The maximum atomic E-state index is 12.3. The van der Waals surface area contributed by atoms with E-state index in [0.29, 0.717) is 17.3 Å². The predicted molar refractivity (Wildman–Crippen MR) is 83.9 cm³/mol. The average Bonchev–Trinajstić information content (AvgIpc) is 2.84. The first kappa shape index (κ1) is 14.0. The van der Waals surface area contributed by atoms with Gasteiger partial charge >= 0.3 is 5.69 Å². The molecule has 0 aliphatic heterocycles. The molecule has 0 saturated heterocycles. The van der Waals surface area contributed by atoms with Crippen molar-refractivity contribution >= 4 is 27.5 Å². The zero-order chi connectivity index (χ0) is 14.8. The molecule has 0 N–H and O–H groups in total. The minimum Gasteiger partial charge on any atom is -0.244 e. The minimum absolute atomic E-state index is 0.291. The van der Waals surface area contributed by atoms with Gasteiger partial charge in [0.1, 0.15) is 0 Å². The van der Waals surface area contributed by atoms with Crippen LogP contribution in [-0.2, 0) is 6.54 Å². The van der Waals surface area contributed by atoms with Crippen LogP contribution in [0.4, 0.5) is 0 Å². The lowest BCUT2D eigenvalue weighted by molar-refractivity contribution is 0.632. The Labute approximate surface area is 133 Å². The van der Waals surface area contributed by atoms with Gasteiger partial charge in [0, 0.05) is 9.50 Å². The van der Waals surface area contributed by atoms with Crippen molar-refractivity contribution < 1.29 is 0 Å². The molecule has 21 heavy (non-hydrogen) atoms. The third kappa shape index (κ3) is 3.06. The van der Waals surface area contributed by atoms with Crippen LogP contribution in [0.3, 0.4) is 0 Å². The van der Waals surface area contributed by atoms with Gasteiger partial charge in [0.2, 0.25) is 0 Å². The Kier molecular flexibility index (Phi) is 3.90. The Bertz CT molecular complexity index is 808. The molecule has 106 valence electrons. The maximum Gasteiger partial charge on any atom is 0.368 e. The first-order chi connectivity index (χ1) is 10.1. The van der Waals surface area contributed by atoms with E-state index in [0.717, 1.165) is 10.0 Å². The monoisotopic (exact) mass is 364 g/mol. The molecule has 0 saturated carbocycles. The molecule has 0 aliphatic carbocycles. The van der Waals surface area contributed by atoms with Gasteiger partial charge in [0.05, 0.1) is 12.2 Å². The Morgan fingerprint density at radius 2 is 1.67 bits per heavy atom. The van der Waals surface area contributed by atoms with Gasteiger partial charge in [-0.05, 0) is 52.4 Å². The van der Waals surface area contributed by atoms with Crippen LogP contribution >= 0.6 is 27.5 Å². The Morgan fingerprint density at radius 3 is 2.33 bits per heavy atom. The highest BCUT2D eigenvalue weighted by Gasteiger charge is 2.09. The van der Waals surface area contributed by atoms with E-state index in [1.807, 2.05) is 24.3 Å². The molecule has 0 radical (unpaired) electrons. The zero-order valence-corrected chi connectivity index (χ0v) is 13.1. The van der Waals surface area contributed by atoms with Crippen LogP contribution in [0.1, 0.15) is 5.56 Å². The van der Waals surface area contributed by atoms with E-state index in [1.54, 1.807) is 24.3 Å². The maximum absolute atomic E-state index is 12.3. The summed E-state index contributed by atoms with van der Waals surface area (Å²) in [6.45, 7) is 0.375. The van der Waals surface area contributed by atoms with Gasteiger partial charge in [-0.25, -0.2) is 4.79 Å². The predicted octanol–water partition coefficient (Wildman–Crippen LogP) is 2.89. The molecule has 3 rings (SSSR count). The Hall–Kier alpha value is -1.92. The number of tetrazole rings is 1. The van der Waals surface area contributed by atoms with Crippen molar-refractivity contribution in [3.8, 4) is 5.69 Å². The van der Waals surface area contributed by atoms with Crippen molar-refractivity contribution in [1.82, 2.24) is 19.8 Å². The quantitative estimate of drug-likeness (QED) is 0.717. The molecule has 3 aromatic rings. The summed E-state index contributed by atoms with van der Waals surface area (Å²) in [6, 6.07) is 14.6. The summed E-state index contributed by atoms with van der Waals surface area (Å²) < 4.78 is 3.55. The van der Waals surface area contributed by atoms with Gasteiger partial charge in [0.15, 0.2) is 0 Å². The highest BCUT2D eigenvalue weighted by atomic mass is 79.9. The third-order valence-corrected chi connectivity index (χ3v) is 3.74. The van der Waals surface area contributed by atoms with Gasteiger partial charge in [-0.15, -0.1) is 0 Å². The number of hydrogen-bond acceptors (Lipinski definition) is 3. The smallest absolute Gasteiger partial charge is 0.244 e. The number of rotatable bonds is 3. The molecular weight excluding hydrogens is 356 g/mol. The van der Waals surface area contributed by atoms with E-state index in [-0.39, 0.29) is 5.69 Å². The lowest BCUT2D eigenvalue weighted by atomic mass is 10.2. The van der Waals surface area contributed by atoms with Crippen LogP contribution in [-0.4, -0.2) is 19.8 Å². The highest BCUT2D eigenvalue weighted by Crippen LogP contribution is 2.12. The number of benzene rings is 2. The third-order valence-electron chi connectivity index (χ3n) is 2.96. The van der Waals surface area contributed by atoms with Crippen LogP contribution in [0.5, 0.6) is 0 Å². The molecule has 0 aliphatic rings. The fourth-order valence-electron chi connectivity index (χ4n) is 1.88. The lowest BCUT2D eigenvalue weighted by Crippen LogP contribution is -2.24. The van der Waals surface area contributed by atoms with Crippen molar-refractivity contribution in [1.29, 1.82) is 0 Å². The van der Waals surface area contributed by atoms with E-state index < -0.39 is 0 Å². The molecule has 0 bridgehead atoms. The molecule has 1 heterocycles. The summed E-state index contributed by atoms with van der Waals surface area (Å²) in [7, 11) is 0. The fraction of sp³-hybridized carbons (Fsp3) is 0.0714. The summed E-state index contributed by atoms with van der Waals surface area (Å²) in [4.78, 5) is 12.3. The van der Waals surface area contributed by atoms with Crippen molar-refractivity contribution in [3.05, 3.63) is 74.1 Å². The van der Waals surface area contributed by atoms with E-state index in [1.165, 1.54) is 9.36 Å². The van der Waals surface area contributed by atoms with Crippen LogP contribution < -0.4 is 5.69 Å². The Morgan fingerprint density at radius 1 is 1.00 bits per heavy atom. The second-order valence-corrected chi connectivity index (χ2v) is 5.79. The van der Waals surface area contributed by atoms with Crippen molar-refractivity contribution in [2.75, 3.05) is 0 Å². The number of hydrogen-bond donors (Lipinski definition) is 0. The molecule has 0 fully saturated rings. The standard InChI is InChI=1S/C14H10BrClN4O/c15-11-3-1-10(2-4-11)9-19-14(21)20(18-17-19)13-7-5-12(16)6-8-13/h1-8H,9H2. The Balaban J connectivity index is 1.90. The summed E-state index contributed by atoms with van der Waals surface area (Å²) in [5, 5.41) is 8.40. The van der Waals surface area contributed by atoms with Crippen molar-refractivity contribution in [3.63, 3.8) is 0 Å². The highest BCUT2D eigenvalue weighted by molar-refractivity contribution is 9.10. The van der Waals surface area contributed by atoms with Crippen molar-refractivity contribution in [2.24, 2.45) is 0 Å². The second-order valence-electron chi connectivity index (χ2n) is 4.43. The van der Waals surface area contributed by atoms with E-state index in [9.17, 15) is 4.79 Å². The van der Waals surface area contributed by atoms with Gasteiger partial charge in [-0.2, -0.15) is 9.36 Å². The minimum atomic E-state index is -0.291. The van der Waals surface area contributed by atoms with Gasteiger partial charge < -0.3 is 0 Å². The normalized spacial score (nSPS) is 10.8. The second kappa shape index (κ2) is 5.83. The lowest BCUT2D eigenvalue weighted by Gasteiger charge is -2.00. The van der Waals surface area contributed by atoms with Gasteiger partial charge in [0.25, 0.3) is 0 Å². The number of nitrogens with zero attached hydrogens (tertiary/aromatic N) is 4. The van der Waals surface area contributed by atoms with Gasteiger partial charge in [-0.1, -0.05) is 39.7 Å². The van der Waals surface area contributed by atoms with Crippen LogP contribution in [0.15, 0.2) is 57.8 Å². The molecule has 5 nitrogen and oxygen atoms in total. The van der Waals surface area contributed by atoms with Crippen LogP contribution in [0.2, 0.25) is 5.02 Å². The van der Waals surface area contributed by atoms with E-state index in [4.69, 9.17) is 11.6 Å². The topological polar surface area (TPSA) is 52.7 Å². The number of halogens is 2. The molecule has 0 unspecified atom stereocenters. The van der Waals surface area contributed by atoms with E-state index in [2.05, 4.69) is 26.4 Å². The first-order valence-corrected chi connectivity index (χ1v) is 7.34. The number of aromatic nitrogens is 4. The molecule has 0 spiro atoms. The SMILES string of the molecule is O=c1n(Cc2ccc(Br)cc2)nnn1-c1ccc(Cl)cc1. The molecule has 0 atom stereocenters. The zero-order valence-electron chi connectivity index (χ0n) is 10.8. The fourth-order valence-corrected chi connectivity index (χ4v) is 2.27. The summed E-state index contributed by atoms with van der Waals surface area (Å²) in [5.41, 5.74) is 1.31. The van der Waals surface area contributed by atoms with E-state index >= 15 is 0 Å². The largest absolute Gasteiger partial charge is 0.368 e. The average molecular weight is 366 g/mol. The summed E-state index contributed by atoms with van der Waals surface area (Å²) in [5.74, 6) is 0. The summed E-state index contributed by atoms with van der Waals surface area (Å²) >= 11 is 9.21. The van der Waals surface area contributed by atoms with Crippen molar-refractivity contribution in [2.45, 2.75) is 6.54 Å². The molecule has 1 aromatic heterocycles. The first-order valence-electron chi connectivity index (χ1n) is 6.17. The van der Waals surface area contributed by atoms with Gasteiger partial charge in [-0.3, -0.25) is 0 Å². The molecule has 2 aromatic carbocycles. The molecular formula is C14H10BrClN4O. The molecule has 0 amide bonds. The van der Waals surface area contributed by atoms with Crippen LogP contribution in [0, 0.1) is 0 Å². The van der Waals surface area contributed by atoms with Crippen LogP contribution in [0.25, 0.3) is 5.69 Å².